The van der Waals surface area contributed by atoms with Crippen molar-refractivity contribution in [3.05, 3.63) is 18.1 Å². The van der Waals surface area contributed by atoms with E-state index >= 15 is 0 Å². The van der Waals surface area contributed by atoms with E-state index in [1.165, 1.54) is 6.33 Å². The van der Waals surface area contributed by atoms with Gasteiger partial charge in [-0.1, -0.05) is 0 Å². The van der Waals surface area contributed by atoms with Gasteiger partial charge in [-0.15, -0.1) is 0 Å². The van der Waals surface area contributed by atoms with Crippen LogP contribution in [-0.4, -0.2) is 39.4 Å². The van der Waals surface area contributed by atoms with Crippen LogP contribution < -0.4 is 4.90 Å². The van der Waals surface area contributed by atoms with Gasteiger partial charge in [-0.3, -0.25) is 0 Å². The van der Waals surface area contributed by atoms with Gasteiger partial charge in [0.05, 0.1) is 17.8 Å². The maximum Gasteiger partial charge on any atom is 0.137 e. The van der Waals surface area contributed by atoms with E-state index < -0.39 is 0 Å². The number of aliphatic hydroxyl groups is 1. The van der Waals surface area contributed by atoms with Crippen molar-refractivity contribution in [3.63, 3.8) is 0 Å². The molecule has 2 rings (SSSR count). The van der Waals surface area contributed by atoms with Crippen LogP contribution >= 0.6 is 0 Å². The summed E-state index contributed by atoms with van der Waals surface area (Å²) in [5, 5.41) is 9.37. The second kappa shape index (κ2) is 4.48. The van der Waals surface area contributed by atoms with E-state index in [2.05, 4.69) is 42.6 Å². The fraction of sp³-hybridized carbons (Fsp3) is 0.692. The number of aromatic nitrogens is 2. The Bertz CT molecular complexity index is 416. The highest BCUT2D eigenvalue weighted by Gasteiger charge is 2.39. The van der Waals surface area contributed by atoms with Gasteiger partial charge in [-0.05, 0) is 27.7 Å². The second-order valence-corrected chi connectivity index (χ2v) is 6.01. The zero-order valence-electron chi connectivity index (χ0n) is 11.5. The molecular formula is C13H21N3O2. The molecule has 0 spiro atoms. The standard InChI is InChI=1S/C13H21N3O2/c1-12(2)7-16(8-13(3,4)18-12)11-10(6-17)5-14-9-15-11/h5,9,17H,6-8H2,1-4H3. The lowest BCUT2D eigenvalue weighted by molar-refractivity contribution is -0.133. The number of ether oxygens (including phenoxy) is 1. The Morgan fingerprint density at radius 2 is 1.89 bits per heavy atom. The fourth-order valence-corrected chi connectivity index (χ4v) is 2.69. The van der Waals surface area contributed by atoms with Crippen molar-refractivity contribution in [2.24, 2.45) is 0 Å². The number of hydrogen-bond donors (Lipinski definition) is 1. The maximum absolute atomic E-state index is 9.37. The van der Waals surface area contributed by atoms with E-state index in [4.69, 9.17) is 4.74 Å². The molecule has 0 atom stereocenters. The summed E-state index contributed by atoms with van der Waals surface area (Å²) in [6.07, 6.45) is 3.18. The van der Waals surface area contributed by atoms with Crippen LogP contribution in [0.25, 0.3) is 0 Å². The molecule has 1 fully saturated rings. The normalized spacial score (nSPS) is 21.9. The lowest BCUT2D eigenvalue weighted by Crippen LogP contribution is -2.57. The lowest BCUT2D eigenvalue weighted by atomic mass is 9.98. The number of hydrogen-bond acceptors (Lipinski definition) is 5. The van der Waals surface area contributed by atoms with Crippen molar-refractivity contribution in [3.8, 4) is 0 Å². The number of rotatable bonds is 2. The molecule has 1 aliphatic heterocycles. The van der Waals surface area contributed by atoms with Crippen molar-refractivity contribution in [1.29, 1.82) is 0 Å². The molecule has 0 unspecified atom stereocenters. The van der Waals surface area contributed by atoms with Crippen molar-refractivity contribution >= 4 is 5.82 Å². The Hall–Kier alpha value is -1.20. The minimum Gasteiger partial charge on any atom is -0.391 e. The molecule has 1 saturated heterocycles. The van der Waals surface area contributed by atoms with Gasteiger partial charge >= 0.3 is 0 Å². The molecule has 1 aliphatic rings. The van der Waals surface area contributed by atoms with E-state index in [1.54, 1.807) is 6.20 Å². The molecule has 0 bridgehead atoms. The quantitative estimate of drug-likeness (QED) is 0.860. The average molecular weight is 251 g/mol. The summed E-state index contributed by atoms with van der Waals surface area (Å²) in [5.41, 5.74) is 0.282. The molecule has 2 heterocycles. The van der Waals surface area contributed by atoms with Gasteiger partial charge in [0, 0.05) is 24.8 Å². The molecule has 0 aliphatic carbocycles. The van der Waals surface area contributed by atoms with Gasteiger partial charge in [0.1, 0.15) is 12.1 Å². The topological polar surface area (TPSA) is 58.5 Å². The Balaban J connectivity index is 2.32. The van der Waals surface area contributed by atoms with E-state index in [9.17, 15) is 5.11 Å². The molecular weight excluding hydrogens is 230 g/mol. The number of nitrogens with zero attached hydrogens (tertiary/aromatic N) is 3. The molecule has 0 radical (unpaired) electrons. The molecule has 0 aromatic carbocycles. The SMILES string of the molecule is CC1(C)CN(c2ncncc2CO)CC(C)(C)O1. The van der Waals surface area contributed by atoms with Crippen LogP contribution in [0, 0.1) is 0 Å². The fourth-order valence-electron chi connectivity index (χ4n) is 2.69. The van der Waals surface area contributed by atoms with Crippen LogP contribution in [0.1, 0.15) is 33.3 Å². The van der Waals surface area contributed by atoms with Gasteiger partial charge in [-0.2, -0.15) is 0 Å². The van der Waals surface area contributed by atoms with Crippen molar-refractivity contribution in [1.82, 2.24) is 9.97 Å². The Labute approximate surface area is 108 Å². The zero-order valence-corrected chi connectivity index (χ0v) is 11.5. The minimum atomic E-state index is -0.237. The van der Waals surface area contributed by atoms with E-state index in [0.29, 0.717) is 0 Å². The van der Waals surface area contributed by atoms with E-state index in [0.717, 1.165) is 24.5 Å². The molecule has 18 heavy (non-hydrogen) atoms. The van der Waals surface area contributed by atoms with Gasteiger partial charge in [0.2, 0.25) is 0 Å². The van der Waals surface area contributed by atoms with Crippen molar-refractivity contribution < 1.29 is 9.84 Å². The number of morpholine rings is 1. The van der Waals surface area contributed by atoms with Crippen LogP contribution in [0.15, 0.2) is 12.5 Å². The smallest absolute Gasteiger partial charge is 0.137 e. The molecule has 5 heteroatoms. The molecule has 1 aromatic rings. The third-order valence-electron chi connectivity index (χ3n) is 2.93. The molecule has 1 aromatic heterocycles. The van der Waals surface area contributed by atoms with Gasteiger partial charge in [0.15, 0.2) is 0 Å². The lowest BCUT2D eigenvalue weighted by Gasteiger charge is -2.47. The summed E-state index contributed by atoms with van der Waals surface area (Å²) in [7, 11) is 0. The highest BCUT2D eigenvalue weighted by Crippen LogP contribution is 2.31. The number of anilines is 1. The molecule has 1 N–H and O–H groups in total. The number of aliphatic hydroxyl groups excluding tert-OH is 1. The second-order valence-electron chi connectivity index (χ2n) is 6.01. The molecule has 0 amide bonds. The van der Waals surface area contributed by atoms with Crippen molar-refractivity contribution in [2.45, 2.75) is 45.5 Å². The Kier molecular flexibility index (Phi) is 3.29. The Morgan fingerprint density at radius 1 is 1.28 bits per heavy atom. The summed E-state index contributed by atoms with van der Waals surface area (Å²) in [6, 6.07) is 0. The third kappa shape index (κ3) is 2.79. The summed E-state index contributed by atoms with van der Waals surface area (Å²) < 4.78 is 6.04. The molecule has 0 saturated carbocycles. The first-order valence-corrected chi connectivity index (χ1v) is 6.18. The largest absolute Gasteiger partial charge is 0.391 e. The van der Waals surface area contributed by atoms with Gasteiger partial charge in [-0.25, -0.2) is 9.97 Å². The first-order chi connectivity index (χ1) is 8.33. The summed E-state index contributed by atoms with van der Waals surface area (Å²) in [6.45, 7) is 9.73. The minimum absolute atomic E-state index is 0.0472. The van der Waals surface area contributed by atoms with E-state index in [-0.39, 0.29) is 17.8 Å². The first kappa shape index (κ1) is 13.2. The molecule has 100 valence electrons. The highest BCUT2D eigenvalue weighted by molar-refractivity contribution is 5.46. The van der Waals surface area contributed by atoms with Crippen LogP contribution in [-0.2, 0) is 11.3 Å². The Morgan fingerprint density at radius 3 is 2.44 bits per heavy atom. The van der Waals surface area contributed by atoms with Gasteiger partial charge < -0.3 is 14.7 Å². The van der Waals surface area contributed by atoms with Crippen LogP contribution in [0.3, 0.4) is 0 Å². The zero-order chi connectivity index (χ0) is 13.4. The average Bonchev–Trinajstić information content (AvgIpc) is 2.24. The molecule has 5 nitrogen and oxygen atoms in total. The summed E-state index contributed by atoms with van der Waals surface area (Å²) >= 11 is 0. The predicted molar refractivity (Wildman–Crippen MR) is 69.4 cm³/mol. The van der Waals surface area contributed by atoms with Crippen molar-refractivity contribution in [2.75, 3.05) is 18.0 Å². The first-order valence-electron chi connectivity index (χ1n) is 6.18. The monoisotopic (exact) mass is 251 g/mol. The van der Waals surface area contributed by atoms with Crippen LogP contribution in [0.2, 0.25) is 0 Å². The predicted octanol–water partition coefficient (Wildman–Crippen LogP) is 1.36. The van der Waals surface area contributed by atoms with E-state index in [1.807, 2.05) is 0 Å². The van der Waals surface area contributed by atoms with Crippen LogP contribution in [0.4, 0.5) is 5.82 Å². The summed E-state index contributed by atoms with van der Waals surface area (Å²) in [5.74, 6) is 0.803. The highest BCUT2D eigenvalue weighted by atomic mass is 16.5. The summed E-state index contributed by atoms with van der Waals surface area (Å²) in [4.78, 5) is 10.4. The van der Waals surface area contributed by atoms with Gasteiger partial charge in [0.25, 0.3) is 0 Å². The third-order valence-corrected chi connectivity index (χ3v) is 2.93. The van der Waals surface area contributed by atoms with Crippen LogP contribution in [0.5, 0.6) is 0 Å². The maximum atomic E-state index is 9.37.